The zero-order valence-electron chi connectivity index (χ0n) is 14.4. The van der Waals surface area contributed by atoms with E-state index in [9.17, 15) is 4.79 Å². The molecule has 0 saturated carbocycles. The number of hydrogen-bond donors (Lipinski definition) is 1. The molecule has 3 aromatic rings. The Kier molecular flexibility index (Phi) is 6.87. The molecular formula is C20H14Cl3N3O2. The fourth-order valence-corrected chi connectivity index (χ4v) is 2.90. The van der Waals surface area contributed by atoms with Gasteiger partial charge in [-0.05, 0) is 18.2 Å². The zero-order valence-corrected chi connectivity index (χ0v) is 16.7. The van der Waals surface area contributed by atoms with Crippen LogP contribution in [0.5, 0.6) is 5.75 Å². The number of nitrogens with one attached hydrogen (secondary N) is 1. The summed E-state index contributed by atoms with van der Waals surface area (Å²) in [6.45, 7) is -0.292. The number of hydrogen-bond acceptors (Lipinski definition) is 4. The standard InChI is InChI=1S/C20H14Cl3N3O2/c21-15-10-17(23)18(11-16(15)22)28-12-19(27)25-26-20(13-4-2-1-3-5-13)14-6-8-24-9-7-14/h1-11H,12H2,(H,25,27). The van der Waals surface area contributed by atoms with E-state index in [0.717, 1.165) is 11.1 Å². The Morgan fingerprint density at radius 2 is 1.57 bits per heavy atom. The molecule has 5 nitrogen and oxygen atoms in total. The molecule has 1 amide bonds. The molecule has 8 heteroatoms. The average molecular weight is 435 g/mol. The summed E-state index contributed by atoms with van der Waals surface area (Å²) in [6, 6.07) is 16.0. The fraction of sp³-hybridized carbons (Fsp3) is 0.0500. The van der Waals surface area contributed by atoms with Crippen molar-refractivity contribution in [1.82, 2.24) is 10.4 Å². The minimum Gasteiger partial charge on any atom is -0.482 e. The van der Waals surface area contributed by atoms with E-state index >= 15 is 0 Å². The third-order valence-electron chi connectivity index (χ3n) is 3.63. The zero-order chi connectivity index (χ0) is 19.9. The number of benzene rings is 2. The lowest BCUT2D eigenvalue weighted by Crippen LogP contribution is -2.26. The van der Waals surface area contributed by atoms with E-state index in [4.69, 9.17) is 39.5 Å². The number of aromatic nitrogens is 1. The van der Waals surface area contributed by atoms with Crippen LogP contribution in [0.1, 0.15) is 11.1 Å². The van der Waals surface area contributed by atoms with Crippen molar-refractivity contribution in [2.75, 3.05) is 6.61 Å². The van der Waals surface area contributed by atoms with Crippen LogP contribution < -0.4 is 10.2 Å². The monoisotopic (exact) mass is 433 g/mol. The highest BCUT2D eigenvalue weighted by molar-refractivity contribution is 6.43. The summed E-state index contributed by atoms with van der Waals surface area (Å²) in [5.74, 6) is -0.197. The number of pyridine rings is 1. The molecule has 1 aromatic heterocycles. The van der Waals surface area contributed by atoms with Crippen molar-refractivity contribution in [3.8, 4) is 5.75 Å². The van der Waals surface area contributed by atoms with E-state index in [0.29, 0.717) is 10.7 Å². The number of halogens is 3. The van der Waals surface area contributed by atoms with Crippen molar-refractivity contribution in [3.05, 3.63) is 93.2 Å². The molecule has 28 heavy (non-hydrogen) atoms. The molecule has 142 valence electrons. The van der Waals surface area contributed by atoms with Crippen LogP contribution in [0.25, 0.3) is 0 Å². The summed E-state index contributed by atoms with van der Waals surface area (Å²) in [7, 11) is 0. The number of ether oxygens (including phenoxy) is 1. The molecule has 0 atom stereocenters. The summed E-state index contributed by atoms with van der Waals surface area (Å²) in [4.78, 5) is 16.2. The van der Waals surface area contributed by atoms with Gasteiger partial charge in [0.25, 0.3) is 5.91 Å². The van der Waals surface area contributed by atoms with Gasteiger partial charge in [-0.15, -0.1) is 0 Å². The average Bonchev–Trinajstić information content (AvgIpc) is 2.71. The van der Waals surface area contributed by atoms with Crippen molar-refractivity contribution in [2.24, 2.45) is 5.10 Å². The number of carbonyl (C=O) groups is 1. The molecule has 2 aromatic carbocycles. The molecule has 0 spiro atoms. The Labute approximate surface area is 176 Å². The molecule has 1 N–H and O–H groups in total. The summed E-state index contributed by atoms with van der Waals surface area (Å²) >= 11 is 17.9. The second-order valence-electron chi connectivity index (χ2n) is 5.58. The normalized spacial score (nSPS) is 11.2. The van der Waals surface area contributed by atoms with Gasteiger partial charge in [0.2, 0.25) is 0 Å². The van der Waals surface area contributed by atoms with Gasteiger partial charge in [-0.3, -0.25) is 9.78 Å². The Balaban J connectivity index is 1.72. The molecule has 0 saturated heterocycles. The lowest BCUT2D eigenvalue weighted by atomic mass is 10.0. The maximum Gasteiger partial charge on any atom is 0.277 e. The first-order chi connectivity index (χ1) is 13.5. The molecule has 0 radical (unpaired) electrons. The van der Waals surface area contributed by atoms with Crippen LogP contribution in [0.3, 0.4) is 0 Å². The van der Waals surface area contributed by atoms with E-state index in [1.165, 1.54) is 12.1 Å². The van der Waals surface area contributed by atoms with Gasteiger partial charge in [0.1, 0.15) is 5.75 Å². The lowest BCUT2D eigenvalue weighted by molar-refractivity contribution is -0.123. The number of nitrogens with zero attached hydrogens (tertiary/aromatic N) is 2. The minimum absolute atomic E-state index is 0.257. The number of carbonyl (C=O) groups excluding carboxylic acids is 1. The first-order valence-corrected chi connectivity index (χ1v) is 9.27. The number of amides is 1. The molecular weight excluding hydrogens is 421 g/mol. The van der Waals surface area contributed by atoms with Crippen molar-refractivity contribution in [3.63, 3.8) is 0 Å². The fourth-order valence-electron chi connectivity index (χ4n) is 2.31. The van der Waals surface area contributed by atoms with Crippen LogP contribution in [0, 0.1) is 0 Å². The summed E-state index contributed by atoms with van der Waals surface area (Å²) in [6.07, 6.45) is 3.32. The van der Waals surface area contributed by atoms with Gasteiger partial charge >= 0.3 is 0 Å². The SMILES string of the molecule is O=C(COc1cc(Cl)c(Cl)cc1Cl)NN=C(c1ccccc1)c1ccncc1. The minimum atomic E-state index is -0.454. The molecule has 3 rings (SSSR count). The molecule has 0 fully saturated rings. The maximum atomic E-state index is 12.2. The summed E-state index contributed by atoms with van der Waals surface area (Å²) in [5.41, 5.74) is 4.76. The predicted octanol–water partition coefficient (Wildman–Crippen LogP) is 4.99. The quantitative estimate of drug-likeness (QED) is 0.338. The maximum absolute atomic E-state index is 12.2. The highest BCUT2D eigenvalue weighted by Crippen LogP contribution is 2.33. The molecule has 1 heterocycles. The highest BCUT2D eigenvalue weighted by atomic mass is 35.5. The van der Waals surface area contributed by atoms with Crippen LogP contribution in [-0.2, 0) is 4.79 Å². The van der Waals surface area contributed by atoms with E-state index < -0.39 is 5.91 Å². The van der Waals surface area contributed by atoms with Gasteiger partial charge in [-0.1, -0.05) is 65.1 Å². The summed E-state index contributed by atoms with van der Waals surface area (Å²) < 4.78 is 5.41. The molecule has 0 aliphatic rings. The third-order valence-corrected chi connectivity index (χ3v) is 4.64. The molecule has 0 bridgehead atoms. The van der Waals surface area contributed by atoms with Gasteiger partial charge in [-0.2, -0.15) is 5.10 Å². The van der Waals surface area contributed by atoms with Crippen LogP contribution in [0.15, 0.2) is 72.1 Å². The second-order valence-corrected chi connectivity index (χ2v) is 6.80. The highest BCUT2D eigenvalue weighted by Gasteiger charge is 2.11. The first kappa shape index (κ1) is 20.1. The summed E-state index contributed by atoms with van der Waals surface area (Å²) in [5, 5.41) is 5.10. The van der Waals surface area contributed by atoms with Crippen LogP contribution in [0.4, 0.5) is 0 Å². The Bertz CT molecular complexity index is 955. The topological polar surface area (TPSA) is 63.6 Å². The van der Waals surface area contributed by atoms with Crippen LogP contribution >= 0.6 is 34.8 Å². The van der Waals surface area contributed by atoms with Gasteiger partial charge < -0.3 is 4.74 Å². The van der Waals surface area contributed by atoms with Gasteiger partial charge in [0.05, 0.1) is 20.8 Å². The van der Waals surface area contributed by atoms with Crippen LogP contribution in [-0.4, -0.2) is 23.2 Å². The van der Waals surface area contributed by atoms with Crippen molar-refractivity contribution >= 4 is 46.4 Å². The molecule has 0 unspecified atom stereocenters. The second kappa shape index (κ2) is 9.55. The number of rotatable bonds is 6. The predicted molar refractivity (Wildman–Crippen MR) is 111 cm³/mol. The van der Waals surface area contributed by atoms with Crippen molar-refractivity contribution in [2.45, 2.75) is 0 Å². The van der Waals surface area contributed by atoms with E-state index in [2.05, 4.69) is 15.5 Å². The van der Waals surface area contributed by atoms with E-state index in [1.54, 1.807) is 12.4 Å². The van der Waals surface area contributed by atoms with Crippen molar-refractivity contribution in [1.29, 1.82) is 0 Å². The largest absolute Gasteiger partial charge is 0.482 e. The molecule has 0 aliphatic heterocycles. The van der Waals surface area contributed by atoms with Crippen molar-refractivity contribution < 1.29 is 9.53 Å². The lowest BCUT2D eigenvalue weighted by Gasteiger charge is -2.10. The third kappa shape index (κ3) is 5.23. The van der Waals surface area contributed by atoms with Crippen LogP contribution in [0.2, 0.25) is 15.1 Å². The Morgan fingerprint density at radius 1 is 0.929 bits per heavy atom. The van der Waals surface area contributed by atoms with E-state index in [1.807, 2.05) is 42.5 Å². The Hall–Kier alpha value is -2.60. The molecule has 0 aliphatic carbocycles. The van der Waals surface area contributed by atoms with E-state index in [-0.39, 0.29) is 22.4 Å². The van der Waals surface area contributed by atoms with Gasteiger partial charge in [0, 0.05) is 29.6 Å². The Morgan fingerprint density at radius 3 is 2.29 bits per heavy atom. The first-order valence-electron chi connectivity index (χ1n) is 8.14. The van der Waals surface area contributed by atoms with Gasteiger partial charge in [-0.25, -0.2) is 5.43 Å². The number of hydrazone groups is 1. The van der Waals surface area contributed by atoms with Gasteiger partial charge in [0.15, 0.2) is 6.61 Å². The smallest absolute Gasteiger partial charge is 0.277 e.